The molecular formula is C32H38BrN3O4S. The molecule has 0 bridgehead atoms. The SMILES string of the molecule is Cc1cccc(N(CC(=O)N(Cc2cccc(Br)c2)[C@@H](C)C(=O)NC2CCCCC2)S(=O)(=O)c2ccccc2)c1C. The highest BCUT2D eigenvalue weighted by molar-refractivity contribution is 9.10. The molecule has 4 rings (SSSR count). The number of aryl methyl sites for hydroxylation is 1. The summed E-state index contributed by atoms with van der Waals surface area (Å²) in [4.78, 5) is 29.2. The quantitative estimate of drug-likeness (QED) is 0.289. The van der Waals surface area contributed by atoms with Gasteiger partial charge in [0, 0.05) is 17.1 Å². The normalized spacial score (nSPS) is 14.7. The molecule has 1 aliphatic rings. The Balaban J connectivity index is 1.70. The Morgan fingerprint density at radius 1 is 0.951 bits per heavy atom. The molecule has 1 aliphatic carbocycles. The van der Waals surface area contributed by atoms with Crippen LogP contribution in [0.25, 0.3) is 0 Å². The van der Waals surface area contributed by atoms with Gasteiger partial charge >= 0.3 is 0 Å². The van der Waals surface area contributed by atoms with E-state index in [-0.39, 0.29) is 23.4 Å². The Hall–Kier alpha value is -3.17. The summed E-state index contributed by atoms with van der Waals surface area (Å²) in [5, 5.41) is 3.13. The first kappa shape index (κ1) is 30.8. The van der Waals surface area contributed by atoms with Gasteiger partial charge in [-0.05, 0) is 80.6 Å². The number of carbonyl (C=O) groups excluding carboxylic acids is 2. The van der Waals surface area contributed by atoms with Crippen molar-refractivity contribution in [3.8, 4) is 0 Å². The second-order valence-corrected chi connectivity index (χ2v) is 13.5. The number of rotatable bonds is 10. The number of sulfonamides is 1. The van der Waals surface area contributed by atoms with Crippen LogP contribution in [0, 0.1) is 13.8 Å². The smallest absolute Gasteiger partial charge is 0.264 e. The standard InChI is InChI=1S/C32H38BrN3O4S/c1-23-12-10-19-30(24(23)2)36(41(39,40)29-17-8-5-9-18-29)22-31(37)35(21-26-13-11-14-27(33)20-26)25(3)32(38)34-28-15-6-4-7-16-28/h5,8-14,17-20,25,28H,4,6-7,15-16,21-22H2,1-3H3,(H,34,38)/t25-/m0/s1. The molecule has 0 heterocycles. The molecule has 0 saturated heterocycles. The van der Waals surface area contributed by atoms with Gasteiger partial charge < -0.3 is 10.2 Å². The lowest BCUT2D eigenvalue weighted by atomic mass is 9.95. The fourth-order valence-electron chi connectivity index (χ4n) is 5.22. The molecule has 1 atom stereocenters. The van der Waals surface area contributed by atoms with Crippen molar-refractivity contribution in [2.45, 2.75) is 76.4 Å². The number of halogens is 1. The average Bonchev–Trinajstić information content (AvgIpc) is 2.97. The number of carbonyl (C=O) groups is 2. The molecule has 0 unspecified atom stereocenters. The summed E-state index contributed by atoms with van der Waals surface area (Å²) >= 11 is 3.49. The molecule has 41 heavy (non-hydrogen) atoms. The van der Waals surface area contributed by atoms with Gasteiger partial charge in [-0.25, -0.2) is 8.42 Å². The molecule has 2 amide bonds. The van der Waals surface area contributed by atoms with E-state index >= 15 is 0 Å². The Morgan fingerprint density at radius 3 is 2.32 bits per heavy atom. The summed E-state index contributed by atoms with van der Waals surface area (Å²) in [5.74, 6) is -0.693. The van der Waals surface area contributed by atoms with Gasteiger partial charge in [0.15, 0.2) is 0 Å². The van der Waals surface area contributed by atoms with E-state index in [2.05, 4.69) is 21.2 Å². The Kier molecular flexibility index (Phi) is 10.3. The first-order chi connectivity index (χ1) is 19.6. The van der Waals surface area contributed by atoms with Crippen molar-refractivity contribution in [2.24, 2.45) is 0 Å². The van der Waals surface area contributed by atoms with E-state index in [1.165, 1.54) is 27.8 Å². The van der Waals surface area contributed by atoms with Gasteiger partial charge in [0.2, 0.25) is 11.8 Å². The maximum absolute atomic E-state index is 14.2. The highest BCUT2D eigenvalue weighted by Crippen LogP contribution is 2.29. The molecule has 1 fully saturated rings. The van der Waals surface area contributed by atoms with E-state index in [4.69, 9.17) is 0 Å². The zero-order valence-corrected chi connectivity index (χ0v) is 26.2. The van der Waals surface area contributed by atoms with Gasteiger partial charge in [0.25, 0.3) is 10.0 Å². The average molecular weight is 641 g/mol. The molecule has 1 saturated carbocycles. The van der Waals surface area contributed by atoms with Gasteiger partial charge in [0.1, 0.15) is 12.6 Å². The number of anilines is 1. The van der Waals surface area contributed by atoms with Crippen molar-refractivity contribution in [3.63, 3.8) is 0 Å². The number of benzene rings is 3. The highest BCUT2D eigenvalue weighted by Gasteiger charge is 2.33. The minimum absolute atomic E-state index is 0.0893. The van der Waals surface area contributed by atoms with Gasteiger partial charge in [-0.3, -0.25) is 13.9 Å². The van der Waals surface area contributed by atoms with Gasteiger partial charge in [-0.15, -0.1) is 0 Å². The molecule has 3 aromatic rings. The molecule has 3 aromatic carbocycles. The van der Waals surface area contributed by atoms with Crippen molar-refractivity contribution in [3.05, 3.63) is 94.0 Å². The van der Waals surface area contributed by atoms with Crippen LogP contribution in [-0.4, -0.2) is 43.8 Å². The summed E-state index contributed by atoms with van der Waals surface area (Å²) in [6.07, 6.45) is 5.16. The van der Waals surface area contributed by atoms with Crippen molar-refractivity contribution in [1.29, 1.82) is 0 Å². The number of hydrogen-bond donors (Lipinski definition) is 1. The highest BCUT2D eigenvalue weighted by atomic mass is 79.9. The summed E-state index contributed by atoms with van der Waals surface area (Å²) in [5.41, 5.74) is 2.94. The van der Waals surface area contributed by atoms with E-state index in [0.29, 0.717) is 5.69 Å². The molecule has 0 radical (unpaired) electrons. The molecule has 9 heteroatoms. The van der Waals surface area contributed by atoms with Crippen LogP contribution in [0.4, 0.5) is 5.69 Å². The Morgan fingerprint density at radius 2 is 1.63 bits per heavy atom. The first-order valence-electron chi connectivity index (χ1n) is 14.1. The second-order valence-electron chi connectivity index (χ2n) is 10.7. The lowest BCUT2D eigenvalue weighted by molar-refractivity contribution is -0.139. The van der Waals surface area contributed by atoms with Crippen molar-refractivity contribution >= 4 is 43.5 Å². The van der Waals surface area contributed by atoms with Crippen molar-refractivity contribution < 1.29 is 18.0 Å². The molecule has 0 aromatic heterocycles. The van der Waals surface area contributed by atoms with Crippen LogP contribution in [0.15, 0.2) is 82.2 Å². The zero-order chi connectivity index (χ0) is 29.6. The maximum atomic E-state index is 14.2. The summed E-state index contributed by atoms with van der Waals surface area (Å²) < 4.78 is 30.0. The third-order valence-corrected chi connectivity index (χ3v) is 10.1. The lowest BCUT2D eigenvalue weighted by Crippen LogP contribution is -2.53. The molecular weight excluding hydrogens is 602 g/mol. The van der Waals surface area contributed by atoms with Gasteiger partial charge in [-0.1, -0.05) is 77.7 Å². The Bertz CT molecular complexity index is 1470. The van der Waals surface area contributed by atoms with Crippen molar-refractivity contribution in [1.82, 2.24) is 10.2 Å². The summed E-state index contributed by atoms with van der Waals surface area (Å²) in [6.45, 7) is 5.18. The molecule has 0 spiro atoms. The number of amides is 2. The number of nitrogens with one attached hydrogen (secondary N) is 1. The van der Waals surface area contributed by atoms with Crippen LogP contribution >= 0.6 is 15.9 Å². The van der Waals surface area contributed by atoms with Crippen LogP contribution < -0.4 is 9.62 Å². The molecule has 1 N–H and O–H groups in total. The van der Waals surface area contributed by atoms with E-state index in [9.17, 15) is 18.0 Å². The minimum Gasteiger partial charge on any atom is -0.352 e. The minimum atomic E-state index is -4.09. The monoisotopic (exact) mass is 639 g/mol. The van der Waals surface area contributed by atoms with E-state index < -0.39 is 28.5 Å². The zero-order valence-electron chi connectivity index (χ0n) is 23.8. The van der Waals surface area contributed by atoms with Gasteiger partial charge in [-0.2, -0.15) is 0 Å². The predicted octanol–water partition coefficient (Wildman–Crippen LogP) is 6.13. The number of nitrogens with zero attached hydrogens (tertiary/aromatic N) is 2. The van der Waals surface area contributed by atoms with Crippen LogP contribution in [-0.2, 0) is 26.2 Å². The topological polar surface area (TPSA) is 86.8 Å². The summed E-state index contributed by atoms with van der Waals surface area (Å²) in [7, 11) is -4.09. The van der Waals surface area contributed by atoms with Crippen LogP contribution in [0.2, 0.25) is 0 Å². The van der Waals surface area contributed by atoms with Crippen LogP contribution in [0.5, 0.6) is 0 Å². The third-order valence-electron chi connectivity index (χ3n) is 7.82. The van der Waals surface area contributed by atoms with E-state index in [1.54, 1.807) is 37.3 Å². The fourth-order valence-corrected chi connectivity index (χ4v) is 7.16. The predicted molar refractivity (Wildman–Crippen MR) is 166 cm³/mol. The largest absolute Gasteiger partial charge is 0.352 e. The van der Waals surface area contributed by atoms with Crippen molar-refractivity contribution in [2.75, 3.05) is 10.8 Å². The molecule has 7 nitrogen and oxygen atoms in total. The van der Waals surface area contributed by atoms with Crippen LogP contribution in [0.1, 0.15) is 55.7 Å². The van der Waals surface area contributed by atoms with Crippen LogP contribution in [0.3, 0.4) is 0 Å². The summed E-state index contributed by atoms with van der Waals surface area (Å²) in [6, 6.07) is 20.4. The fraction of sp³-hybridized carbons (Fsp3) is 0.375. The first-order valence-corrected chi connectivity index (χ1v) is 16.3. The third kappa shape index (κ3) is 7.57. The van der Waals surface area contributed by atoms with E-state index in [0.717, 1.165) is 46.8 Å². The molecule has 218 valence electrons. The van der Waals surface area contributed by atoms with Gasteiger partial charge in [0.05, 0.1) is 10.6 Å². The Labute approximate surface area is 252 Å². The lowest BCUT2D eigenvalue weighted by Gasteiger charge is -2.33. The maximum Gasteiger partial charge on any atom is 0.264 e. The second kappa shape index (κ2) is 13.7. The molecule has 0 aliphatic heterocycles. The van der Waals surface area contributed by atoms with E-state index in [1.807, 2.05) is 44.2 Å². The number of hydrogen-bond acceptors (Lipinski definition) is 4.